The van der Waals surface area contributed by atoms with Gasteiger partial charge in [-0.15, -0.1) is 0 Å². The van der Waals surface area contributed by atoms with Gasteiger partial charge in [-0.1, -0.05) is 145 Å². The third-order valence-electron chi connectivity index (χ3n) is 9.76. The SMILES string of the molecule is Clc1ccc(-c2ccc3ccc(-c4nc(-c5cccc(-c6ccccc6)c5)nc(-c5ccc6ccccc6c5)n4)cc3c2)c2c1oc1ccccc12. The van der Waals surface area contributed by atoms with Crippen LogP contribution in [0.2, 0.25) is 5.02 Å². The zero-order chi connectivity index (χ0) is 34.6. The van der Waals surface area contributed by atoms with Crippen LogP contribution in [-0.2, 0) is 0 Å². The quantitative estimate of drug-likeness (QED) is 0.181. The van der Waals surface area contributed by atoms with E-state index >= 15 is 0 Å². The van der Waals surface area contributed by atoms with Crippen LogP contribution < -0.4 is 0 Å². The predicted molar refractivity (Wildman–Crippen MR) is 214 cm³/mol. The van der Waals surface area contributed by atoms with Crippen molar-refractivity contribution in [3.63, 3.8) is 0 Å². The monoisotopic (exact) mass is 685 g/mol. The largest absolute Gasteiger partial charge is 0.454 e. The molecule has 0 saturated carbocycles. The number of hydrogen-bond acceptors (Lipinski definition) is 4. The summed E-state index contributed by atoms with van der Waals surface area (Å²) in [5, 5.41) is 7.15. The van der Waals surface area contributed by atoms with Crippen molar-refractivity contribution >= 4 is 55.1 Å². The Morgan fingerprint density at radius 2 is 0.942 bits per heavy atom. The van der Waals surface area contributed by atoms with Gasteiger partial charge in [0.25, 0.3) is 0 Å². The highest BCUT2D eigenvalue weighted by Crippen LogP contribution is 2.41. The average molecular weight is 686 g/mol. The van der Waals surface area contributed by atoms with Crippen molar-refractivity contribution in [3.8, 4) is 56.4 Å². The summed E-state index contributed by atoms with van der Waals surface area (Å²) >= 11 is 6.64. The molecule has 4 nitrogen and oxygen atoms in total. The van der Waals surface area contributed by atoms with E-state index in [1.165, 1.54) is 5.39 Å². The van der Waals surface area contributed by atoms with Crippen LogP contribution in [0.1, 0.15) is 0 Å². The Hall–Kier alpha value is -6.62. The zero-order valence-corrected chi connectivity index (χ0v) is 28.5. The molecule has 52 heavy (non-hydrogen) atoms. The summed E-state index contributed by atoms with van der Waals surface area (Å²) in [6.07, 6.45) is 0. The van der Waals surface area contributed by atoms with Gasteiger partial charge >= 0.3 is 0 Å². The second-order valence-corrected chi connectivity index (χ2v) is 13.4. The first-order chi connectivity index (χ1) is 25.6. The first kappa shape index (κ1) is 30.2. The van der Waals surface area contributed by atoms with E-state index in [0.717, 1.165) is 71.5 Å². The lowest BCUT2D eigenvalue weighted by atomic mass is 9.96. The number of furan rings is 1. The molecular formula is C47H28ClN3O. The van der Waals surface area contributed by atoms with Gasteiger partial charge in [-0.3, -0.25) is 0 Å². The fourth-order valence-corrected chi connectivity index (χ4v) is 7.35. The van der Waals surface area contributed by atoms with E-state index < -0.39 is 0 Å². The summed E-state index contributed by atoms with van der Waals surface area (Å²) in [5.74, 6) is 1.86. The van der Waals surface area contributed by atoms with Crippen molar-refractivity contribution in [2.24, 2.45) is 0 Å². The van der Waals surface area contributed by atoms with Crippen molar-refractivity contribution in [2.45, 2.75) is 0 Å². The zero-order valence-electron chi connectivity index (χ0n) is 27.8. The second-order valence-electron chi connectivity index (χ2n) is 13.0. The highest BCUT2D eigenvalue weighted by atomic mass is 35.5. The van der Waals surface area contributed by atoms with Crippen molar-refractivity contribution < 1.29 is 4.42 Å². The van der Waals surface area contributed by atoms with Crippen molar-refractivity contribution in [2.75, 3.05) is 0 Å². The fourth-order valence-electron chi connectivity index (χ4n) is 7.15. The molecule has 0 bridgehead atoms. The normalized spacial score (nSPS) is 11.6. The Morgan fingerprint density at radius 3 is 1.71 bits per heavy atom. The number of rotatable bonds is 5. The summed E-state index contributed by atoms with van der Waals surface area (Å²) in [7, 11) is 0. The van der Waals surface area contributed by atoms with E-state index in [4.69, 9.17) is 31.0 Å². The Kier molecular flexibility index (Phi) is 7.15. The highest BCUT2D eigenvalue weighted by Gasteiger charge is 2.17. The molecule has 0 fully saturated rings. The van der Waals surface area contributed by atoms with Gasteiger partial charge in [-0.25, -0.2) is 15.0 Å². The first-order valence-electron chi connectivity index (χ1n) is 17.2. The van der Waals surface area contributed by atoms with Gasteiger partial charge in [0.15, 0.2) is 23.1 Å². The molecule has 0 amide bonds. The van der Waals surface area contributed by atoms with Crippen LogP contribution in [0.3, 0.4) is 0 Å². The number of para-hydroxylation sites is 1. The van der Waals surface area contributed by atoms with Gasteiger partial charge in [0.2, 0.25) is 0 Å². The van der Waals surface area contributed by atoms with Crippen LogP contribution >= 0.6 is 11.6 Å². The Bertz CT molecular complexity index is 2990. The summed E-state index contributed by atoms with van der Waals surface area (Å²) < 4.78 is 6.21. The molecule has 10 rings (SSSR count). The third kappa shape index (κ3) is 5.29. The summed E-state index contributed by atoms with van der Waals surface area (Å²) in [4.78, 5) is 15.3. The van der Waals surface area contributed by atoms with E-state index in [0.29, 0.717) is 28.1 Å². The minimum absolute atomic E-state index is 0.597. The molecule has 2 aromatic heterocycles. The van der Waals surface area contributed by atoms with E-state index in [9.17, 15) is 0 Å². The number of nitrogens with zero attached hydrogens (tertiary/aromatic N) is 3. The van der Waals surface area contributed by atoms with Crippen LogP contribution in [-0.4, -0.2) is 15.0 Å². The predicted octanol–water partition coefficient (Wildman–Crippen LogP) is 13.1. The molecule has 5 heteroatoms. The summed E-state index contributed by atoms with van der Waals surface area (Å²) in [6.45, 7) is 0. The standard InChI is InChI=1S/C47H28ClN3O/c48-41-24-23-39(43-40-15-6-7-16-42(40)52-44(41)43)34-20-17-31-19-22-37(28-38(31)27-34)47-50-45(35-14-8-13-33(25-35)29-9-2-1-3-10-29)49-46(51-47)36-21-18-30-11-4-5-12-32(30)26-36/h1-28H. The number of aromatic nitrogens is 3. The van der Waals surface area contributed by atoms with Crippen LogP contribution in [0, 0.1) is 0 Å². The highest BCUT2D eigenvalue weighted by molar-refractivity contribution is 6.36. The molecule has 0 atom stereocenters. The topological polar surface area (TPSA) is 51.8 Å². The smallest absolute Gasteiger partial charge is 0.164 e. The van der Waals surface area contributed by atoms with Crippen molar-refractivity contribution in [1.29, 1.82) is 0 Å². The Labute approximate surface area is 304 Å². The van der Waals surface area contributed by atoms with Crippen LogP contribution in [0.25, 0.3) is 99.9 Å². The molecule has 0 aliphatic rings. The molecule has 10 aromatic rings. The summed E-state index contributed by atoms with van der Waals surface area (Å²) in [6, 6.07) is 58.5. The number of halogens is 1. The van der Waals surface area contributed by atoms with Gasteiger partial charge in [-0.05, 0) is 80.2 Å². The van der Waals surface area contributed by atoms with Crippen molar-refractivity contribution in [1.82, 2.24) is 15.0 Å². The molecule has 244 valence electrons. The molecule has 0 N–H and O–H groups in total. The second kappa shape index (κ2) is 12.3. The van der Waals surface area contributed by atoms with Gasteiger partial charge in [0.1, 0.15) is 5.58 Å². The maximum Gasteiger partial charge on any atom is 0.164 e. The van der Waals surface area contributed by atoms with Crippen LogP contribution in [0.15, 0.2) is 174 Å². The Morgan fingerprint density at radius 1 is 0.385 bits per heavy atom. The maximum atomic E-state index is 6.64. The molecule has 2 heterocycles. The lowest BCUT2D eigenvalue weighted by Crippen LogP contribution is -2.00. The van der Waals surface area contributed by atoms with Gasteiger partial charge in [0.05, 0.1) is 5.02 Å². The average Bonchev–Trinajstić information content (AvgIpc) is 3.61. The van der Waals surface area contributed by atoms with Gasteiger partial charge in [-0.2, -0.15) is 0 Å². The van der Waals surface area contributed by atoms with Gasteiger partial charge in [0, 0.05) is 27.5 Å². The molecule has 0 unspecified atom stereocenters. The lowest BCUT2D eigenvalue weighted by molar-refractivity contribution is 0.669. The molecule has 0 aliphatic heterocycles. The minimum Gasteiger partial charge on any atom is -0.454 e. The summed E-state index contributed by atoms with van der Waals surface area (Å²) in [5.41, 5.74) is 8.66. The molecular weight excluding hydrogens is 658 g/mol. The fraction of sp³-hybridized carbons (Fsp3) is 0. The molecule has 0 radical (unpaired) electrons. The van der Waals surface area contributed by atoms with Crippen LogP contribution in [0.4, 0.5) is 0 Å². The Balaban J connectivity index is 1.13. The number of fused-ring (bicyclic) bond motifs is 5. The molecule has 8 aromatic carbocycles. The van der Waals surface area contributed by atoms with E-state index in [1.54, 1.807) is 0 Å². The van der Waals surface area contributed by atoms with Gasteiger partial charge < -0.3 is 4.42 Å². The van der Waals surface area contributed by atoms with E-state index in [2.05, 4.69) is 140 Å². The molecule has 0 saturated heterocycles. The third-order valence-corrected chi connectivity index (χ3v) is 10.1. The van der Waals surface area contributed by atoms with Crippen LogP contribution in [0.5, 0.6) is 0 Å². The molecule has 0 aliphatic carbocycles. The first-order valence-corrected chi connectivity index (χ1v) is 17.6. The number of benzene rings is 8. The molecule has 0 spiro atoms. The number of hydrogen-bond donors (Lipinski definition) is 0. The van der Waals surface area contributed by atoms with E-state index in [-0.39, 0.29) is 0 Å². The minimum atomic E-state index is 0.597. The maximum absolute atomic E-state index is 6.64. The lowest BCUT2D eigenvalue weighted by Gasteiger charge is -2.11. The van der Waals surface area contributed by atoms with Crippen molar-refractivity contribution in [3.05, 3.63) is 175 Å². The van der Waals surface area contributed by atoms with E-state index in [1.807, 2.05) is 30.3 Å².